The molecular formula is C22H25BrN2O6. The van der Waals surface area contributed by atoms with Crippen molar-refractivity contribution in [3.8, 4) is 0 Å². The molecule has 1 aromatic carbocycles. The number of nitrogens with one attached hydrogen (secondary N) is 1. The van der Waals surface area contributed by atoms with E-state index in [1.54, 1.807) is 32.0 Å². The highest BCUT2D eigenvalue weighted by Gasteiger charge is 2.62. The van der Waals surface area contributed by atoms with Gasteiger partial charge in [0.1, 0.15) is 22.3 Å². The van der Waals surface area contributed by atoms with Crippen LogP contribution < -0.4 is 11.1 Å². The van der Waals surface area contributed by atoms with Gasteiger partial charge in [0, 0.05) is 15.7 Å². The van der Waals surface area contributed by atoms with E-state index < -0.39 is 29.4 Å². The van der Waals surface area contributed by atoms with Crippen LogP contribution in [-0.2, 0) is 34.0 Å². The summed E-state index contributed by atoms with van der Waals surface area (Å²) in [6.45, 7) is 6.98. The molecule has 9 heteroatoms. The molecule has 3 rings (SSSR count). The summed E-state index contributed by atoms with van der Waals surface area (Å²) < 4.78 is 17.0. The van der Waals surface area contributed by atoms with Gasteiger partial charge in [-0.3, -0.25) is 4.79 Å². The Bertz CT molecular complexity index is 1010. The molecule has 2 aliphatic heterocycles. The Balaban J connectivity index is 2.29. The number of fused-ring (bicyclic) bond motifs is 2. The molecule has 2 aliphatic rings. The van der Waals surface area contributed by atoms with Gasteiger partial charge in [0.25, 0.3) is 0 Å². The van der Waals surface area contributed by atoms with Crippen molar-refractivity contribution in [2.75, 3.05) is 11.9 Å². The van der Waals surface area contributed by atoms with Crippen LogP contribution in [0.1, 0.15) is 46.1 Å². The molecule has 1 atom stereocenters. The third-order valence-electron chi connectivity index (χ3n) is 5.07. The summed E-state index contributed by atoms with van der Waals surface area (Å²) in [5.74, 6) is -2.42. The van der Waals surface area contributed by atoms with Crippen molar-refractivity contribution in [2.45, 2.75) is 52.1 Å². The number of hydrogen-bond donors (Lipinski definition) is 2. The molecule has 8 nitrogen and oxygen atoms in total. The fourth-order valence-electron chi connectivity index (χ4n) is 3.82. The van der Waals surface area contributed by atoms with Crippen LogP contribution in [-0.4, -0.2) is 30.6 Å². The largest absolute Gasteiger partial charge is 0.462 e. The number of halogens is 1. The van der Waals surface area contributed by atoms with E-state index in [0.717, 1.165) is 6.42 Å². The van der Waals surface area contributed by atoms with Gasteiger partial charge in [-0.15, -0.1) is 0 Å². The Kier molecular flexibility index (Phi) is 6.45. The molecule has 0 saturated heterocycles. The first-order valence-corrected chi connectivity index (χ1v) is 10.8. The number of rotatable bonds is 6. The number of nitrogens with two attached hydrogens (primary N) is 1. The minimum atomic E-state index is -1.86. The number of allylic oxidation sites excluding steroid dienone is 1. The molecule has 0 unspecified atom stereocenters. The van der Waals surface area contributed by atoms with Crippen LogP contribution in [0, 0.1) is 0 Å². The minimum absolute atomic E-state index is 0.0798. The molecule has 1 spiro atoms. The molecule has 0 radical (unpaired) electrons. The van der Waals surface area contributed by atoms with Crippen molar-refractivity contribution in [1.82, 2.24) is 0 Å². The normalized spacial score (nSPS) is 20.0. The number of amides is 1. The lowest BCUT2D eigenvalue weighted by atomic mass is 9.67. The summed E-state index contributed by atoms with van der Waals surface area (Å²) in [6.07, 6.45) is 0.989. The third kappa shape index (κ3) is 3.82. The maximum absolute atomic E-state index is 13.5. The Labute approximate surface area is 188 Å². The first-order chi connectivity index (χ1) is 14.6. The van der Waals surface area contributed by atoms with Crippen LogP contribution in [0.25, 0.3) is 0 Å². The number of benzene rings is 1. The van der Waals surface area contributed by atoms with Crippen molar-refractivity contribution >= 4 is 39.5 Å². The average Bonchev–Trinajstić information content (AvgIpc) is 2.93. The lowest BCUT2D eigenvalue weighted by Crippen LogP contribution is -2.48. The minimum Gasteiger partial charge on any atom is -0.462 e. The van der Waals surface area contributed by atoms with Crippen LogP contribution in [0.2, 0.25) is 0 Å². The second kappa shape index (κ2) is 8.74. The lowest BCUT2D eigenvalue weighted by Gasteiger charge is -2.35. The number of esters is 2. The maximum Gasteiger partial charge on any atom is 0.341 e. The van der Waals surface area contributed by atoms with Crippen LogP contribution in [0.15, 0.2) is 45.5 Å². The second-order valence-electron chi connectivity index (χ2n) is 7.61. The van der Waals surface area contributed by atoms with E-state index in [1.807, 2.05) is 6.92 Å². The topological polar surface area (TPSA) is 117 Å². The van der Waals surface area contributed by atoms with E-state index >= 15 is 0 Å². The van der Waals surface area contributed by atoms with Crippen LogP contribution in [0.5, 0.6) is 0 Å². The molecule has 0 fully saturated rings. The smallest absolute Gasteiger partial charge is 0.341 e. The van der Waals surface area contributed by atoms with Crippen LogP contribution in [0.4, 0.5) is 5.69 Å². The van der Waals surface area contributed by atoms with E-state index in [9.17, 15) is 14.4 Å². The molecule has 166 valence electrons. The number of anilines is 1. The van der Waals surface area contributed by atoms with Crippen molar-refractivity contribution < 1.29 is 28.6 Å². The number of hydrogen-bond acceptors (Lipinski definition) is 7. The van der Waals surface area contributed by atoms with Gasteiger partial charge >= 0.3 is 11.9 Å². The van der Waals surface area contributed by atoms with E-state index in [0.29, 0.717) is 22.1 Å². The van der Waals surface area contributed by atoms with Crippen molar-refractivity contribution in [2.24, 2.45) is 5.73 Å². The number of carbonyl (C=O) groups excluding carboxylic acids is 3. The summed E-state index contributed by atoms with van der Waals surface area (Å²) in [6, 6.07) is 5.09. The molecule has 1 aromatic rings. The molecular weight excluding hydrogens is 468 g/mol. The molecule has 0 aromatic heterocycles. The standard InChI is InChI=1S/C22H25BrN2O6/c1-5-6-9-29-19(26)17-18(24)31-12(4)16(20(27)30-11(2)3)22(17)14-10-13(23)7-8-15(14)25-21(22)28/h7-8,10-11H,5-6,9,24H2,1-4H3,(H,25,28)/t22-/m1/s1. The Morgan fingerprint density at radius 1 is 1.26 bits per heavy atom. The molecule has 0 aliphatic carbocycles. The number of unbranched alkanes of at least 4 members (excludes halogenated alkanes) is 1. The van der Waals surface area contributed by atoms with Crippen LogP contribution >= 0.6 is 15.9 Å². The molecule has 3 N–H and O–H groups in total. The van der Waals surface area contributed by atoms with Crippen molar-refractivity contribution in [3.05, 3.63) is 51.0 Å². The predicted octanol–water partition coefficient (Wildman–Crippen LogP) is 3.41. The van der Waals surface area contributed by atoms with Gasteiger partial charge < -0.3 is 25.3 Å². The number of ether oxygens (including phenoxy) is 3. The van der Waals surface area contributed by atoms with Crippen molar-refractivity contribution in [1.29, 1.82) is 0 Å². The average molecular weight is 493 g/mol. The number of carbonyl (C=O) groups is 3. The summed E-state index contributed by atoms with van der Waals surface area (Å²) in [7, 11) is 0. The molecule has 0 saturated carbocycles. The zero-order valence-electron chi connectivity index (χ0n) is 17.8. The first kappa shape index (κ1) is 22.9. The van der Waals surface area contributed by atoms with Gasteiger partial charge in [-0.05, 0) is 45.4 Å². The highest BCUT2D eigenvalue weighted by atomic mass is 79.9. The van der Waals surface area contributed by atoms with Gasteiger partial charge in [0.15, 0.2) is 0 Å². The van der Waals surface area contributed by atoms with Gasteiger partial charge in [-0.1, -0.05) is 29.3 Å². The summed E-state index contributed by atoms with van der Waals surface area (Å²) >= 11 is 3.40. The van der Waals surface area contributed by atoms with Crippen LogP contribution in [0.3, 0.4) is 0 Å². The fourth-order valence-corrected chi connectivity index (χ4v) is 4.18. The first-order valence-electron chi connectivity index (χ1n) is 10.0. The highest BCUT2D eigenvalue weighted by molar-refractivity contribution is 9.10. The third-order valence-corrected chi connectivity index (χ3v) is 5.56. The van der Waals surface area contributed by atoms with E-state index in [-0.39, 0.29) is 29.4 Å². The van der Waals surface area contributed by atoms with Crippen molar-refractivity contribution in [3.63, 3.8) is 0 Å². The Morgan fingerprint density at radius 3 is 2.61 bits per heavy atom. The van der Waals surface area contributed by atoms with Gasteiger partial charge in [-0.25, -0.2) is 9.59 Å². The maximum atomic E-state index is 13.5. The molecule has 1 amide bonds. The summed E-state index contributed by atoms with van der Waals surface area (Å²) in [4.78, 5) is 39.9. The van der Waals surface area contributed by atoms with E-state index in [2.05, 4.69) is 21.2 Å². The van der Waals surface area contributed by atoms with E-state index in [4.69, 9.17) is 19.9 Å². The quantitative estimate of drug-likeness (QED) is 0.461. The van der Waals surface area contributed by atoms with Gasteiger partial charge in [-0.2, -0.15) is 0 Å². The highest BCUT2D eigenvalue weighted by Crippen LogP contribution is 2.53. The summed E-state index contributed by atoms with van der Waals surface area (Å²) in [5.41, 5.74) is 4.76. The predicted molar refractivity (Wildman–Crippen MR) is 117 cm³/mol. The molecule has 0 bridgehead atoms. The zero-order valence-corrected chi connectivity index (χ0v) is 19.4. The zero-order chi connectivity index (χ0) is 22.9. The monoisotopic (exact) mass is 492 g/mol. The Morgan fingerprint density at radius 2 is 1.97 bits per heavy atom. The fraction of sp³-hybridized carbons (Fsp3) is 0.409. The molecule has 31 heavy (non-hydrogen) atoms. The Hall–Kier alpha value is -2.81. The SMILES string of the molecule is CCCCOC(=O)C1=C(N)OC(C)=C(C(=O)OC(C)C)[C@@]12C(=O)Nc1ccc(Br)cc12. The van der Waals surface area contributed by atoms with Gasteiger partial charge in [0.2, 0.25) is 11.8 Å². The van der Waals surface area contributed by atoms with Gasteiger partial charge in [0.05, 0.1) is 12.7 Å². The lowest BCUT2D eigenvalue weighted by molar-refractivity contribution is -0.145. The second-order valence-corrected chi connectivity index (χ2v) is 8.53. The van der Waals surface area contributed by atoms with E-state index in [1.165, 1.54) is 6.92 Å². The summed E-state index contributed by atoms with van der Waals surface area (Å²) in [5, 5.41) is 2.76. The molecule has 2 heterocycles.